The van der Waals surface area contributed by atoms with Crippen LogP contribution in [-0.2, 0) is 4.79 Å². The third kappa shape index (κ3) is 2.52. The lowest BCUT2D eigenvalue weighted by Gasteiger charge is -2.23. The van der Waals surface area contributed by atoms with E-state index in [2.05, 4.69) is 10.6 Å². The molecule has 1 saturated carbocycles. The standard InChI is InChI=1S/C14H15Cl2FN2O/c15-10-5-8(17)6-11(16)12(10)19-13(20)9-7-14(9)1-3-18-4-2-14/h5-6,9,18H,1-4,7H2,(H,19,20). The van der Waals surface area contributed by atoms with Gasteiger partial charge in [-0.25, -0.2) is 4.39 Å². The Morgan fingerprint density at radius 1 is 1.30 bits per heavy atom. The summed E-state index contributed by atoms with van der Waals surface area (Å²) in [4.78, 5) is 12.3. The Hall–Kier alpha value is -0.840. The summed E-state index contributed by atoms with van der Waals surface area (Å²) in [6.45, 7) is 1.92. The molecule has 1 spiro atoms. The van der Waals surface area contributed by atoms with Gasteiger partial charge in [0.1, 0.15) is 5.82 Å². The van der Waals surface area contributed by atoms with Crippen molar-refractivity contribution in [3.05, 3.63) is 28.0 Å². The summed E-state index contributed by atoms with van der Waals surface area (Å²) < 4.78 is 13.1. The molecule has 0 bridgehead atoms. The topological polar surface area (TPSA) is 41.1 Å². The zero-order chi connectivity index (χ0) is 14.3. The first kappa shape index (κ1) is 14.1. The van der Waals surface area contributed by atoms with Gasteiger partial charge in [-0.1, -0.05) is 23.2 Å². The van der Waals surface area contributed by atoms with E-state index in [0.29, 0.717) is 5.69 Å². The molecule has 3 nitrogen and oxygen atoms in total. The van der Waals surface area contributed by atoms with Gasteiger partial charge in [0.05, 0.1) is 15.7 Å². The second-order valence-electron chi connectivity index (χ2n) is 5.60. The molecule has 2 aliphatic rings. The molecule has 2 fully saturated rings. The Kier molecular flexibility index (Phi) is 3.65. The Balaban J connectivity index is 1.72. The molecule has 1 aromatic carbocycles. The molecular weight excluding hydrogens is 302 g/mol. The molecule has 0 radical (unpaired) electrons. The predicted molar refractivity (Wildman–Crippen MR) is 77.7 cm³/mol. The van der Waals surface area contributed by atoms with Gasteiger partial charge in [-0.2, -0.15) is 0 Å². The minimum atomic E-state index is -0.515. The monoisotopic (exact) mass is 316 g/mol. The zero-order valence-electron chi connectivity index (χ0n) is 10.8. The lowest BCUT2D eigenvalue weighted by atomic mass is 9.92. The summed E-state index contributed by atoms with van der Waals surface area (Å²) in [5, 5.41) is 6.30. The predicted octanol–water partition coefficient (Wildman–Crippen LogP) is 3.46. The SMILES string of the molecule is O=C(Nc1c(Cl)cc(F)cc1Cl)C1CC12CCNCC2. The first-order valence-corrected chi connectivity index (χ1v) is 7.44. The van der Waals surface area contributed by atoms with Crippen molar-refractivity contribution in [2.75, 3.05) is 18.4 Å². The van der Waals surface area contributed by atoms with Crippen molar-refractivity contribution in [2.45, 2.75) is 19.3 Å². The highest BCUT2D eigenvalue weighted by atomic mass is 35.5. The van der Waals surface area contributed by atoms with Gasteiger partial charge in [0.15, 0.2) is 0 Å². The van der Waals surface area contributed by atoms with E-state index in [-0.39, 0.29) is 27.3 Å². The number of hydrogen-bond donors (Lipinski definition) is 2. The molecule has 6 heteroatoms. The number of carbonyl (C=O) groups excluding carboxylic acids is 1. The van der Waals surface area contributed by atoms with Crippen LogP contribution in [-0.4, -0.2) is 19.0 Å². The molecule has 1 heterocycles. The number of halogens is 3. The average Bonchev–Trinajstić information content (AvgIpc) is 3.08. The van der Waals surface area contributed by atoms with Gasteiger partial charge < -0.3 is 10.6 Å². The van der Waals surface area contributed by atoms with Crippen LogP contribution in [0.5, 0.6) is 0 Å². The lowest BCUT2D eigenvalue weighted by Crippen LogP contribution is -2.31. The molecule has 1 aliphatic carbocycles. The second kappa shape index (κ2) is 5.17. The number of hydrogen-bond acceptors (Lipinski definition) is 2. The maximum absolute atomic E-state index is 13.1. The third-order valence-corrected chi connectivity index (χ3v) is 4.96. The minimum absolute atomic E-state index is 0.0155. The van der Waals surface area contributed by atoms with Gasteiger partial charge in [-0.05, 0) is 49.9 Å². The molecule has 1 unspecified atom stereocenters. The lowest BCUT2D eigenvalue weighted by molar-refractivity contribution is -0.118. The maximum atomic E-state index is 13.1. The number of piperidine rings is 1. The van der Waals surface area contributed by atoms with Crippen molar-refractivity contribution in [3.8, 4) is 0 Å². The van der Waals surface area contributed by atoms with Crippen LogP contribution in [0.15, 0.2) is 12.1 Å². The van der Waals surface area contributed by atoms with Crippen LogP contribution in [0, 0.1) is 17.2 Å². The summed E-state index contributed by atoms with van der Waals surface area (Å²) in [7, 11) is 0. The van der Waals surface area contributed by atoms with E-state index in [4.69, 9.17) is 23.2 Å². The molecular formula is C14H15Cl2FN2O. The van der Waals surface area contributed by atoms with E-state index < -0.39 is 5.82 Å². The minimum Gasteiger partial charge on any atom is -0.323 e. The highest BCUT2D eigenvalue weighted by molar-refractivity contribution is 6.39. The fourth-order valence-electron chi connectivity index (χ4n) is 3.07. The smallest absolute Gasteiger partial charge is 0.228 e. The molecule has 0 aromatic heterocycles. The van der Waals surface area contributed by atoms with E-state index in [1.54, 1.807) is 0 Å². The Bertz CT molecular complexity index is 535. The normalized spacial score (nSPS) is 23.6. The van der Waals surface area contributed by atoms with Crippen LogP contribution in [0.25, 0.3) is 0 Å². The van der Waals surface area contributed by atoms with Crippen molar-refractivity contribution in [3.63, 3.8) is 0 Å². The van der Waals surface area contributed by atoms with Gasteiger partial charge in [-0.3, -0.25) is 4.79 Å². The van der Waals surface area contributed by atoms with Crippen molar-refractivity contribution in [1.82, 2.24) is 5.32 Å². The first-order chi connectivity index (χ1) is 9.52. The number of carbonyl (C=O) groups is 1. The number of amides is 1. The van der Waals surface area contributed by atoms with E-state index in [0.717, 1.165) is 44.5 Å². The maximum Gasteiger partial charge on any atom is 0.228 e. The summed E-state index contributed by atoms with van der Waals surface area (Å²) in [5.74, 6) is -0.566. The highest BCUT2D eigenvalue weighted by Gasteiger charge is 2.57. The Morgan fingerprint density at radius 3 is 2.50 bits per heavy atom. The average molecular weight is 317 g/mol. The van der Waals surface area contributed by atoms with Crippen LogP contribution >= 0.6 is 23.2 Å². The van der Waals surface area contributed by atoms with Gasteiger partial charge >= 0.3 is 0 Å². The van der Waals surface area contributed by atoms with Crippen LogP contribution in [0.3, 0.4) is 0 Å². The van der Waals surface area contributed by atoms with Gasteiger partial charge in [0, 0.05) is 5.92 Å². The fourth-order valence-corrected chi connectivity index (χ4v) is 3.62. The molecule has 1 atom stereocenters. The van der Waals surface area contributed by atoms with E-state index in [1.165, 1.54) is 0 Å². The van der Waals surface area contributed by atoms with Crippen molar-refractivity contribution >= 4 is 34.8 Å². The van der Waals surface area contributed by atoms with Crippen LogP contribution < -0.4 is 10.6 Å². The van der Waals surface area contributed by atoms with Crippen LogP contribution in [0.4, 0.5) is 10.1 Å². The van der Waals surface area contributed by atoms with E-state index in [9.17, 15) is 9.18 Å². The molecule has 1 amide bonds. The summed E-state index contributed by atoms with van der Waals surface area (Å²) in [6, 6.07) is 2.30. The molecule has 2 N–H and O–H groups in total. The first-order valence-electron chi connectivity index (χ1n) is 6.68. The Morgan fingerprint density at radius 2 is 1.90 bits per heavy atom. The summed E-state index contributed by atoms with van der Waals surface area (Å²) in [6.07, 6.45) is 2.96. The highest BCUT2D eigenvalue weighted by Crippen LogP contribution is 2.59. The van der Waals surface area contributed by atoms with Crippen molar-refractivity contribution in [2.24, 2.45) is 11.3 Å². The largest absolute Gasteiger partial charge is 0.323 e. The third-order valence-electron chi connectivity index (χ3n) is 4.36. The molecule has 20 heavy (non-hydrogen) atoms. The van der Waals surface area contributed by atoms with E-state index in [1.807, 2.05) is 0 Å². The quantitative estimate of drug-likeness (QED) is 0.877. The summed E-state index contributed by atoms with van der Waals surface area (Å²) in [5.41, 5.74) is 0.449. The number of rotatable bonds is 2. The van der Waals surface area contributed by atoms with Crippen molar-refractivity contribution < 1.29 is 9.18 Å². The second-order valence-corrected chi connectivity index (χ2v) is 6.42. The number of nitrogens with one attached hydrogen (secondary N) is 2. The molecule has 3 rings (SSSR count). The van der Waals surface area contributed by atoms with Gasteiger partial charge in [-0.15, -0.1) is 0 Å². The number of benzene rings is 1. The summed E-state index contributed by atoms with van der Waals surface area (Å²) >= 11 is 11.9. The fraction of sp³-hybridized carbons (Fsp3) is 0.500. The molecule has 1 saturated heterocycles. The van der Waals surface area contributed by atoms with Crippen LogP contribution in [0.1, 0.15) is 19.3 Å². The van der Waals surface area contributed by atoms with E-state index >= 15 is 0 Å². The van der Waals surface area contributed by atoms with Crippen molar-refractivity contribution in [1.29, 1.82) is 0 Å². The molecule has 108 valence electrons. The Labute approximate surface area is 126 Å². The van der Waals surface area contributed by atoms with Gasteiger partial charge in [0.2, 0.25) is 5.91 Å². The molecule has 1 aliphatic heterocycles. The number of anilines is 1. The van der Waals surface area contributed by atoms with Crippen LogP contribution in [0.2, 0.25) is 10.0 Å². The zero-order valence-corrected chi connectivity index (χ0v) is 12.3. The van der Waals surface area contributed by atoms with Gasteiger partial charge in [0.25, 0.3) is 0 Å². The molecule has 1 aromatic rings.